The Hall–Kier alpha value is -1.00. The van der Waals surface area contributed by atoms with E-state index in [1.165, 1.54) is 12.1 Å². The summed E-state index contributed by atoms with van der Waals surface area (Å²) in [5.74, 6) is -1.09. The number of hydrogen-bond donors (Lipinski definition) is 2. The Labute approximate surface area is 82.1 Å². The van der Waals surface area contributed by atoms with Crippen LogP contribution >= 0.6 is 0 Å². The molecule has 1 atom stereocenters. The second-order valence-electron chi connectivity index (χ2n) is 3.08. The van der Waals surface area contributed by atoms with Gasteiger partial charge < -0.3 is 11.1 Å². The molecular weight excluding hydrogens is 186 g/mol. The number of halogens is 2. The van der Waals surface area contributed by atoms with Crippen LogP contribution in [0.2, 0.25) is 0 Å². The normalized spacial score (nSPS) is 12.9. The fourth-order valence-corrected chi connectivity index (χ4v) is 1.41. The van der Waals surface area contributed by atoms with Crippen molar-refractivity contribution in [1.82, 2.24) is 5.32 Å². The van der Waals surface area contributed by atoms with Gasteiger partial charge in [0.15, 0.2) is 0 Å². The molecule has 1 unspecified atom stereocenters. The number of benzene rings is 1. The molecule has 1 rings (SSSR count). The molecule has 2 nitrogen and oxygen atoms in total. The summed E-state index contributed by atoms with van der Waals surface area (Å²) in [5.41, 5.74) is 5.84. The predicted molar refractivity (Wildman–Crippen MR) is 51.8 cm³/mol. The molecule has 0 bridgehead atoms. The third-order valence-corrected chi connectivity index (χ3v) is 2.14. The average Bonchev–Trinajstić information content (AvgIpc) is 2.15. The molecular formula is C10H14F2N2. The number of nitrogens with one attached hydrogen (secondary N) is 1. The first-order chi connectivity index (χ1) is 6.69. The first-order valence-electron chi connectivity index (χ1n) is 4.51. The zero-order valence-corrected chi connectivity index (χ0v) is 8.06. The smallest absolute Gasteiger partial charge is 0.130 e. The molecule has 14 heavy (non-hydrogen) atoms. The minimum absolute atomic E-state index is 0.152. The van der Waals surface area contributed by atoms with Gasteiger partial charge in [-0.3, -0.25) is 0 Å². The van der Waals surface area contributed by atoms with E-state index in [9.17, 15) is 8.78 Å². The fraction of sp³-hybridized carbons (Fsp3) is 0.400. The molecule has 0 saturated carbocycles. The molecule has 4 heteroatoms. The topological polar surface area (TPSA) is 38.0 Å². The second-order valence-corrected chi connectivity index (χ2v) is 3.08. The molecule has 0 radical (unpaired) electrons. The van der Waals surface area contributed by atoms with Crippen LogP contribution in [0, 0.1) is 11.6 Å². The maximum atomic E-state index is 13.3. The Morgan fingerprint density at radius 2 is 2.14 bits per heavy atom. The van der Waals surface area contributed by atoms with Gasteiger partial charge in [-0.1, -0.05) is 6.07 Å². The summed E-state index contributed by atoms with van der Waals surface area (Å²) in [6.45, 7) is 0.461. The van der Waals surface area contributed by atoms with Crippen LogP contribution < -0.4 is 11.1 Å². The van der Waals surface area contributed by atoms with Gasteiger partial charge in [-0.25, -0.2) is 8.78 Å². The van der Waals surface area contributed by atoms with E-state index in [0.29, 0.717) is 18.5 Å². The van der Waals surface area contributed by atoms with Gasteiger partial charge in [-0.05, 0) is 26.1 Å². The number of nitrogens with two attached hydrogens (primary N) is 1. The van der Waals surface area contributed by atoms with Crippen molar-refractivity contribution >= 4 is 0 Å². The minimum atomic E-state index is -0.561. The van der Waals surface area contributed by atoms with Crippen molar-refractivity contribution in [2.45, 2.75) is 12.5 Å². The van der Waals surface area contributed by atoms with E-state index >= 15 is 0 Å². The van der Waals surface area contributed by atoms with Crippen LogP contribution in [0.3, 0.4) is 0 Å². The molecule has 0 saturated heterocycles. The first-order valence-corrected chi connectivity index (χ1v) is 4.51. The molecule has 1 aromatic rings. The quantitative estimate of drug-likeness (QED) is 0.774. The highest BCUT2D eigenvalue weighted by Gasteiger charge is 2.13. The van der Waals surface area contributed by atoms with E-state index in [0.717, 1.165) is 6.07 Å². The fourth-order valence-electron chi connectivity index (χ4n) is 1.41. The molecule has 0 aliphatic carbocycles. The summed E-state index contributed by atoms with van der Waals surface area (Å²) >= 11 is 0. The summed E-state index contributed by atoms with van der Waals surface area (Å²) in [6.07, 6.45) is 0.624. The standard InChI is InChI=1S/C10H14F2N2/c1-14-10(4-5-13)8-3-2-7(11)6-9(8)12/h2-3,6,10,14H,4-5,13H2,1H3. The van der Waals surface area contributed by atoms with Gasteiger partial charge in [0.05, 0.1) is 0 Å². The van der Waals surface area contributed by atoms with Gasteiger partial charge in [0.2, 0.25) is 0 Å². The van der Waals surface area contributed by atoms with Crippen molar-refractivity contribution in [2.75, 3.05) is 13.6 Å². The van der Waals surface area contributed by atoms with Gasteiger partial charge in [0, 0.05) is 17.7 Å². The van der Waals surface area contributed by atoms with E-state index in [-0.39, 0.29) is 6.04 Å². The van der Waals surface area contributed by atoms with Crippen LogP contribution in [0.15, 0.2) is 18.2 Å². The van der Waals surface area contributed by atoms with Crippen LogP contribution in [0.5, 0.6) is 0 Å². The molecule has 0 aliphatic rings. The summed E-state index contributed by atoms with van der Waals surface area (Å²) in [4.78, 5) is 0. The van der Waals surface area contributed by atoms with Crippen LogP contribution in [0.25, 0.3) is 0 Å². The van der Waals surface area contributed by atoms with E-state index in [2.05, 4.69) is 5.32 Å². The third-order valence-electron chi connectivity index (χ3n) is 2.14. The highest BCUT2D eigenvalue weighted by atomic mass is 19.1. The Morgan fingerprint density at radius 3 is 2.64 bits per heavy atom. The van der Waals surface area contributed by atoms with Crippen molar-refractivity contribution in [3.05, 3.63) is 35.4 Å². The average molecular weight is 200 g/mol. The lowest BCUT2D eigenvalue weighted by Gasteiger charge is -2.16. The van der Waals surface area contributed by atoms with E-state index in [1.807, 2.05) is 0 Å². The van der Waals surface area contributed by atoms with Crippen LogP contribution in [-0.4, -0.2) is 13.6 Å². The maximum absolute atomic E-state index is 13.3. The molecule has 1 aromatic carbocycles. The van der Waals surface area contributed by atoms with E-state index in [1.54, 1.807) is 7.05 Å². The first kappa shape index (κ1) is 11.1. The minimum Gasteiger partial charge on any atom is -0.330 e. The van der Waals surface area contributed by atoms with E-state index in [4.69, 9.17) is 5.73 Å². The third kappa shape index (κ3) is 2.49. The van der Waals surface area contributed by atoms with Crippen molar-refractivity contribution < 1.29 is 8.78 Å². The molecule has 0 amide bonds. The number of rotatable bonds is 4. The van der Waals surface area contributed by atoms with Gasteiger partial charge in [-0.2, -0.15) is 0 Å². The molecule has 0 aliphatic heterocycles. The van der Waals surface area contributed by atoms with Gasteiger partial charge >= 0.3 is 0 Å². The second kappa shape index (κ2) is 5.02. The van der Waals surface area contributed by atoms with E-state index < -0.39 is 11.6 Å². The summed E-state index contributed by atoms with van der Waals surface area (Å²) in [7, 11) is 1.73. The Bertz CT molecular complexity index is 302. The molecule has 0 fully saturated rings. The lowest BCUT2D eigenvalue weighted by molar-refractivity contribution is 0.505. The monoisotopic (exact) mass is 200 g/mol. The Morgan fingerprint density at radius 1 is 1.43 bits per heavy atom. The Balaban J connectivity index is 2.92. The largest absolute Gasteiger partial charge is 0.330 e. The van der Waals surface area contributed by atoms with Crippen LogP contribution in [-0.2, 0) is 0 Å². The predicted octanol–water partition coefficient (Wildman–Crippen LogP) is 1.57. The zero-order valence-electron chi connectivity index (χ0n) is 8.06. The molecule has 3 N–H and O–H groups in total. The van der Waals surface area contributed by atoms with Crippen molar-refractivity contribution in [2.24, 2.45) is 5.73 Å². The molecule has 0 spiro atoms. The molecule has 0 heterocycles. The van der Waals surface area contributed by atoms with Crippen LogP contribution in [0.4, 0.5) is 8.78 Å². The lowest BCUT2D eigenvalue weighted by Crippen LogP contribution is -2.21. The molecule has 78 valence electrons. The SMILES string of the molecule is CNC(CCN)c1ccc(F)cc1F. The highest BCUT2D eigenvalue weighted by Crippen LogP contribution is 2.19. The zero-order chi connectivity index (χ0) is 10.6. The number of hydrogen-bond acceptors (Lipinski definition) is 2. The van der Waals surface area contributed by atoms with Crippen molar-refractivity contribution in [1.29, 1.82) is 0 Å². The summed E-state index contributed by atoms with van der Waals surface area (Å²) in [5, 5.41) is 2.94. The summed E-state index contributed by atoms with van der Waals surface area (Å²) in [6, 6.07) is 3.43. The van der Waals surface area contributed by atoms with Gasteiger partial charge in [0.1, 0.15) is 11.6 Å². The van der Waals surface area contributed by atoms with Crippen molar-refractivity contribution in [3.8, 4) is 0 Å². The maximum Gasteiger partial charge on any atom is 0.130 e. The lowest BCUT2D eigenvalue weighted by atomic mass is 10.0. The van der Waals surface area contributed by atoms with Gasteiger partial charge in [0.25, 0.3) is 0 Å². The van der Waals surface area contributed by atoms with Gasteiger partial charge in [-0.15, -0.1) is 0 Å². The molecule has 0 aromatic heterocycles. The van der Waals surface area contributed by atoms with Crippen LogP contribution in [0.1, 0.15) is 18.0 Å². The van der Waals surface area contributed by atoms with Crippen molar-refractivity contribution in [3.63, 3.8) is 0 Å². The highest BCUT2D eigenvalue weighted by molar-refractivity contribution is 5.22. The summed E-state index contributed by atoms with van der Waals surface area (Å²) < 4.78 is 25.9. The Kier molecular flexibility index (Phi) is 3.98.